The normalized spacial score (nSPS) is 31.3. The number of hydrogen-bond donors (Lipinski definition) is 4. The second kappa shape index (κ2) is 23.9. The average molecular weight is 732 g/mol. The second-order valence-corrected chi connectivity index (χ2v) is 14.2. The van der Waals surface area contributed by atoms with Crippen LogP contribution >= 0.6 is 0 Å². The first kappa shape index (κ1) is 46.5. The monoisotopic (exact) mass is 731 g/mol. The van der Waals surface area contributed by atoms with Crippen LogP contribution in [0.3, 0.4) is 0 Å². The van der Waals surface area contributed by atoms with Crippen LogP contribution < -0.4 is 0 Å². The van der Waals surface area contributed by atoms with Crippen molar-refractivity contribution in [2.75, 3.05) is 20.8 Å². The molecule has 0 saturated carbocycles. The molecule has 0 saturated heterocycles. The Hall–Kier alpha value is -3.51. The minimum atomic E-state index is -1.22. The van der Waals surface area contributed by atoms with E-state index in [-0.39, 0.29) is 29.2 Å². The van der Waals surface area contributed by atoms with E-state index in [1.807, 2.05) is 39.0 Å². The van der Waals surface area contributed by atoms with Gasteiger partial charge in [0.25, 0.3) is 0 Å². The first-order valence-corrected chi connectivity index (χ1v) is 18.3. The minimum absolute atomic E-state index is 0.0625. The molecule has 1 aliphatic heterocycles. The number of methoxy groups -OCH3 is 2. The van der Waals surface area contributed by atoms with Crippen molar-refractivity contribution in [1.29, 1.82) is 0 Å². The van der Waals surface area contributed by atoms with E-state index in [4.69, 9.17) is 24.2 Å². The smallest absolute Gasteiger partial charge is 0.373 e. The highest BCUT2D eigenvalue weighted by Gasteiger charge is 2.38. The fourth-order valence-electron chi connectivity index (χ4n) is 6.46. The molecule has 0 spiro atoms. The van der Waals surface area contributed by atoms with Crippen LogP contribution in [0.2, 0.25) is 0 Å². The number of cyclic esters (lactones) is 1. The molecule has 294 valence electrons. The Kier molecular flexibility index (Phi) is 21.4. The molecule has 0 aliphatic carbocycles. The lowest BCUT2D eigenvalue weighted by Gasteiger charge is -2.34. The highest BCUT2D eigenvalue weighted by Crippen LogP contribution is 2.30. The Labute approximate surface area is 311 Å². The van der Waals surface area contributed by atoms with Gasteiger partial charge in [-0.15, -0.1) is 0 Å². The number of rotatable bonds is 14. The molecular formula is C41H65NO10. The summed E-state index contributed by atoms with van der Waals surface area (Å²) in [6, 6.07) is 0. The largest absolute Gasteiger partial charge is 0.490 e. The van der Waals surface area contributed by atoms with Crippen molar-refractivity contribution in [2.24, 2.45) is 40.7 Å². The lowest BCUT2D eigenvalue weighted by molar-refractivity contribution is -0.161. The Morgan fingerprint density at radius 2 is 1.81 bits per heavy atom. The van der Waals surface area contributed by atoms with Crippen LogP contribution in [0.15, 0.2) is 76.7 Å². The molecule has 0 radical (unpaired) electrons. The van der Waals surface area contributed by atoms with E-state index in [0.717, 1.165) is 24.8 Å². The molecule has 11 atom stereocenters. The van der Waals surface area contributed by atoms with Crippen molar-refractivity contribution >= 4 is 17.7 Å². The predicted octanol–water partition coefficient (Wildman–Crippen LogP) is 6.57. The van der Waals surface area contributed by atoms with Crippen LogP contribution in [-0.4, -0.2) is 89.4 Å². The van der Waals surface area contributed by atoms with Crippen molar-refractivity contribution in [2.45, 2.75) is 112 Å². The number of aliphatic carboxylic acids is 1. The average Bonchev–Trinajstić information content (AvgIpc) is 3.09. The molecule has 1 aliphatic rings. The van der Waals surface area contributed by atoms with Gasteiger partial charge in [0.1, 0.15) is 12.2 Å². The highest BCUT2D eigenvalue weighted by molar-refractivity contribution is 5.96. The van der Waals surface area contributed by atoms with Gasteiger partial charge in [0, 0.05) is 30.8 Å². The molecule has 1 heterocycles. The summed E-state index contributed by atoms with van der Waals surface area (Å²) in [5, 5.41) is 46.6. The molecule has 1 rings (SSSR count). The maximum atomic E-state index is 13.7. The number of ether oxygens (including phenoxy) is 3. The molecule has 11 heteroatoms. The summed E-state index contributed by atoms with van der Waals surface area (Å²) in [6.45, 7) is 16.5. The van der Waals surface area contributed by atoms with Gasteiger partial charge < -0.3 is 39.5 Å². The van der Waals surface area contributed by atoms with Crippen molar-refractivity contribution in [3.63, 3.8) is 0 Å². The lowest BCUT2D eigenvalue weighted by atomic mass is 9.81. The third-order valence-electron chi connectivity index (χ3n) is 9.64. The zero-order valence-corrected chi connectivity index (χ0v) is 33.1. The Morgan fingerprint density at radius 3 is 2.38 bits per heavy atom. The topological polar surface area (TPSA) is 164 Å². The molecule has 0 amide bonds. The standard InChI is InChI=1S/C41H65NO10/c1-12-15-34(43)28(6)18-19-33(42-51-24-37(44)45)30(8)39(47)31(9)40-35(49-10)17-14-16-25(3)20-26(4)22-32(13-2)38(46)29(7)21-27(5)23-36(50-11)41(48)52-40/h12,14-19,21,23,26,28-32,34-35,38-40,43,46-47H,13,20,22,24H2,1-11H3,(H,44,45)/b15-12+,17-14+,19-18+,25-16+,27-21+,36-23-,42-33+. The highest BCUT2D eigenvalue weighted by atomic mass is 16.6. The van der Waals surface area contributed by atoms with E-state index < -0.39 is 60.9 Å². The van der Waals surface area contributed by atoms with Gasteiger partial charge >= 0.3 is 11.9 Å². The van der Waals surface area contributed by atoms with E-state index in [9.17, 15) is 24.9 Å². The maximum absolute atomic E-state index is 13.7. The number of carboxylic acid groups (broad SMARTS) is 1. The molecule has 0 aromatic heterocycles. The number of carboxylic acids is 1. The number of carbonyl (C=O) groups excluding carboxylic acids is 1. The summed E-state index contributed by atoms with van der Waals surface area (Å²) in [7, 11) is 2.86. The predicted molar refractivity (Wildman–Crippen MR) is 204 cm³/mol. The number of aliphatic hydroxyl groups is 3. The van der Waals surface area contributed by atoms with Crippen LogP contribution in [0.1, 0.15) is 81.6 Å². The lowest BCUT2D eigenvalue weighted by Crippen LogP contribution is -2.45. The summed E-state index contributed by atoms with van der Waals surface area (Å²) in [5.74, 6) is -3.62. The summed E-state index contributed by atoms with van der Waals surface area (Å²) in [6.07, 6.45) is 14.0. The van der Waals surface area contributed by atoms with Crippen LogP contribution in [0.25, 0.3) is 0 Å². The number of esters is 1. The van der Waals surface area contributed by atoms with Crippen molar-refractivity contribution in [3.8, 4) is 0 Å². The number of oxime groups is 1. The summed E-state index contributed by atoms with van der Waals surface area (Å²) in [4.78, 5) is 29.9. The zero-order valence-electron chi connectivity index (χ0n) is 33.1. The number of hydrogen-bond acceptors (Lipinski definition) is 10. The van der Waals surface area contributed by atoms with Gasteiger partial charge in [0.15, 0.2) is 0 Å². The Morgan fingerprint density at radius 1 is 1.13 bits per heavy atom. The van der Waals surface area contributed by atoms with E-state index >= 15 is 0 Å². The summed E-state index contributed by atoms with van der Waals surface area (Å²) in [5.41, 5.74) is 2.08. The number of nitrogens with zero attached hydrogens (tertiary/aromatic N) is 1. The summed E-state index contributed by atoms with van der Waals surface area (Å²) >= 11 is 0. The van der Waals surface area contributed by atoms with Crippen LogP contribution in [-0.2, 0) is 28.6 Å². The third kappa shape index (κ3) is 15.6. The molecular weight excluding hydrogens is 666 g/mol. The summed E-state index contributed by atoms with van der Waals surface area (Å²) < 4.78 is 17.4. The molecule has 11 unspecified atom stereocenters. The van der Waals surface area contributed by atoms with Gasteiger partial charge in [-0.3, -0.25) is 0 Å². The van der Waals surface area contributed by atoms with Crippen molar-refractivity contribution in [3.05, 3.63) is 71.6 Å². The van der Waals surface area contributed by atoms with Gasteiger partial charge in [0.05, 0.1) is 31.1 Å². The first-order valence-electron chi connectivity index (χ1n) is 18.3. The SMILES string of the molecule is C/C=C/C(O)C(C)/C=C/C(=N\OCC(=O)O)C(C)C(O)C(C)C1OC(=O)/C(OC)=C/C(C)=C/C(C)C(O)C(CC)CC(C)C/C(C)=C/C=C/C1OC. The van der Waals surface area contributed by atoms with E-state index in [2.05, 4.69) is 19.0 Å². The zero-order chi connectivity index (χ0) is 39.5. The third-order valence-corrected chi connectivity index (χ3v) is 9.64. The molecule has 0 fully saturated rings. The second-order valence-electron chi connectivity index (χ2n) is 14.2. The fourth-order valence-corrected chi connectivity index (χ4v) is 6.46. The van der Waals surface area contributed by atoms with E-state index in [0.29, 0.717) is 11.5 Å². The van der Waals surface area contributed by atoms with Gasteiger partial charge in [-0.25, -0.2) is 9.59 Å². The molecule has 0 aromatic carbocycles. The fraction of sp³-hybridized carbons (Fsp3) is 0.634. The number of aliphatic hydroxyl groups excluding tert-OH is 3. The number of carbonyl (C=O) groups is 2. The quantitative estimate of drug-likeness (QED) is 0.0665. The van der Waals surface area contributed by atoms with Crippen LogP contribution in [0, 0.1) is 35.5 Å². The Bertz CT molecular complexity index is 1330. The molecule has 0 bridgehead atoms. The maximum Gasteiger partial charge on any atom is 0.373 e. The molecule has 52 heavy (non-hydrogen) atoms. The van der Waals surface area contributed by atoms with Crippen molar-refractivity contribution < 1.29 is 49.1 Å². The van der Waals surface area contributed by atoms with Crippen molar-refractivity contribution in [1.82, 2.24) is 0 Å². The molecule has 0 aromatic rings. The van der Waals surface area contributed by atoms with Gasteiger partial charge in [-0.05, 0) is 57.6 Å². The van der Waals surface area contributed by atoms with Gasteiger partial charge in [0.2, 0.25) is 12.4 Å². The van der Waals surface area contributed by atoms with Crippen LogP contribution in [0.4, 0.5) is 0 Å². The number of allylic oxidation sites excluding steroid dienone is 7. The minimum Gasteiger partial charge on any atom is -0.490 e. The Balaban J connectivity index is 3.71. The van der Waals surface area contributed by atoms with Crippen LogP contribution in [0.5, 0.6) is 0 Å². The van der Waals surface area contributed by atoms with E-state index in [1.165, 1.54) is 14.2 Å². The van der Waals surface area contributed by atoms with Gasteiger partial charge in [-0.1, -0.05) is 107 Å². The molecule has 11 nitrogen and oxygen atoms in total. The van der Waals surface area contributed by atoms with E-state index in [1.54, 1.807) is 64.2 Å². The molecule has 4 N–H and O–H groups in total. The van der Waals surface area contributed by atoms with Gasteiger partial charge in [-0.2, -0.15) is 0 Å². The first-order chi connectivity index (χ1) is 24.5.